The molecule has 0 unspecified atom stereocenters. The van der Waals surface area contributed by atoms with Gasteiger partial charge in [-0.3, -0.25) is 9.59 Å². The number of hydrogen-bond acceptors (Lipinski definition) is 3. The highest BCUT2D eigenvalue weighted by molar-refractivity contribution is 5.92. The molecule has 3 nitrogen and oxygen atoms in total. The third-order valence-corrected chi connectivity index (χ3v) is 8.00. The predicted molar refractivity (Wildman–Crippen MR) is 92.1 cm³/mol. The zero-order valence-electron chi connectivity index (χ0n) is 15.0. The summed E-state index contributed by atoms with van der Waals surface area (Å²) in [5.74, 6) is 2.02. The van der Waals surface area contributed by atoms with Crippen molar-refractivity contribution in [2.24, 2.45) is 34.5 Å². The molecule has 0 aromatic heterocycles. The van der Waals surface area contributed by atoms with Gasteiger partial charge >= 0.3 is 5.97 Å². The van der Waals surface area contributed by atoms with Gasteiger partial charge in [0.2, 0.25) is 0 Å². The lowest BCUT2D eigenvalue weighted by Crippen LogP contribution is -2.49. The number of carbonyl (C=O) groups is 2. The van der Waals surface area contributed by atoms with Crippen molar-refractivity contribution in [1.29, 1.82) is 0 Å². The zero-order valence-corrected chi connectivity index (χ0v) is 15.0. The van der Waals surface area contributed by atoms with Crippen molar-refractivity contribution in [3.8, 4) is 0 Å². The summed E-state index contributed by atoms with van der Waals surface area (Å²) in [6, 6.07) is 0. The van der Waals surface area contributed by atoms with Gasteiger partial charge in [-0.05, 0) is 72.3 Å². The van der Waals surface area contributed by atoms with Gasteiger partial charge in [-0.15, -0.1) is 0 Å². The van der Waals surface area contributed by atoms with Crippen LogP contribution in [0.2, 0.25) is 0 Å². The number of ketones is 1. The molecule has 2 fully saturated rings. The molecule has 0 amide bonds. The van der Waals surface area contributed by atoms with E-state index in [1.54, 1.807) is 0 Å². The highest BCUT2D eigenvalue weighted by Gasteiger charge is 2.59. The lowest BCUT2D eigenvalue weighted by atomic mass is 9.48. The largest absolute Gasteiger partial charge is 0.469 e. The number of hydrogen-bond donors (Lipinski definition) is 0. The molecule has 0 aromatic carbocycles. The molecule has 0 spiro atoms. The molecule has 130 valence electrons. The minimum Gasteiger partial charge on any atom is -0.469 e. The lowest BCUT2D eigenvalue weighted by molar-refractivity contribution is -0.151. The van der Waals surface area contributed by atoms with Gasteiger partial charge < -0.3 is 4.74 Å². The van der Waals surface area contributed by atoms with Crippen LogP contribution in [0.1, 0.15) is 52.4 Å². The summed E-state index contributed by atoms with van der Waals surface area (Å²) in [5, 5.41) is 0. The molecular weight excluding hydrogens is 300 g/mol. The Labute approximate surface area is 144 Å². The van der Waals surface area contributed by atoms with Gasteiger partial charge in [0.05, 0.1) is 13.0 Å². The van der Waals surface area contributed by atoms with E-state index in [1.165, 1.54) is 12.7 Å². The molecule has 3 heteroatoms. The molecule has 0 radical (unpaired) electrons. The molecule has 0 heterocycles. The van der Waals surface area contributed by atoms with Gasteiger partial charge in [0.15, 0.2) is 5.78 Å². The van der Waals surface area contributed by atoms with Gasteiger partial charge in [0.25, 0.3) is 0 Å². The molecule has 0 N–H and O–H groups in total. The maximum atomic E-state index is 12.3. The van der Waals surface area contributed by atoms with Crippen LogP contribution in [-0.4, -0.2) is 18.9 Å². The first kappa shape index (κ1) is 16.1. The second-order valence-electron chi connectivity index (χ2n) is 8.83. The average molecular weight is 328 g/mol. The molecule has 24 heavy (non-hydrogen) atoms. The molecule has 6 atom stereocenters. The number of carbonyl (C=O) groups excluding carboxylic acids is 2. The van der Waals surface area contributed by atoms with Crippen molar-refractivity contribution in [2.45, 2.75) is 52.4 Å². The number of ether oxygens (including phenoxy) is 1. The van der Waals surface area contributed by atoms with E-state index >= 15 is 0 Å². The average Bonchev–Trinajstić information content (AvgIpc) is 2.92. The van der Waals surface area contributed by atoms with E-state index in [0.717, 1.165) is 32.1 Å². The molecule has 4 rings (SSSR count). The van der Waals surface area contributed by atoms with Crippen molar-refractivity contribution in [2.75, 3.05) is 7.11 Å². The van der Waals surface area contributed by atoms with Crippen LogP contribution in [0, 0.1) is 34.5 Å². The fourth-order valence-corrected chi connectivity index (χ4v) is 6.53. The normalized spacial score (nSPS) is 46.6. The first-order valence-corrected chi connectivity index (χ1v) is 9.41. The zero-order chi connectivity index (χ0) is 17.1. The molecular formula is C21H28O3. The Morgan fingerprint density at radius 3 is 2.71 bits per heavy atom. The van der Waals surface area contributed by atoms with E-state index in [-0.39, 0.29) is 28.5 Å². The van der Waals surface area contributed by atoms with Crippen molar-refractivity contribution < 1.29 is 14.3 Å². The number of allylic oxidation sites excluding steroid dienone is 4. The highest BCUT2D eigenvalue weighted by Crippen LogP contribution is 2.65. The van der Waals surface area contributed by atoms with Crippen LogP contribution >= 0.6 is 0 Å². The Hall–Kier alpha value is -1.38. The summed E-state index contributed by atoms with van der Waals surface area (Å²) in [5.41, 5.74) is 1.45. The van der Waals surface area contributed by atoms with Crippen LogP contribution < -0.4 is 0 Å². The number of esters is 1. The fourth-order valence-electron chi connectivity index (χ4n) is 6.53. The monoisotopic (exact) mass is 328 g/mol. The highest BCUT2D eigenvalue weighted by atomic mass is 16.5. The van der Waals surface area contributed by atoms with Crippen LogP contribution in [0.15, 0.2) is 23.8 Å². The van der Waals surface area contributed by atoms with E-state index in [1.807, 2.05) is 6.08 Å². The molecule has 4 aliphatic carbocycles. The summed E-state index contributed by atoms with van der Waals surface area (Å²) in [7, 11) is 1.52. The summed E-state index contributed by atoms with van der Waals surface area (Å²) in [6.45, 7) is 4.68. The van der Waals surface area contributed by atoms with E-state index in [2.05, 4.69) is 26.0 Å². The summed E-state index contributed by atoms with van der Waals surface area (Å²) in [4.78, 5) is 24.1. The predicted octanol–water partition coefficient (Wildman–Crippen LogP) is 4.08. The minimum absolute atomic E-state index is 0.0201. The Morgan fingerprint density at radius 2 is 1.96 bits per heavy atom. The summed E-state index contributed by atoms with van der Waals surface area (Å²) in [6.07, 6.45) is 12.5. The minimum atomic E-state index is -0.0201. The van der Waals surface area contributed by atoms with Crippen LogP contribution in [0.4, 0.5) is 0 Å². The van der Waals surface area contributed by atoms with E-state index in [0.29, 0.717) is 24.2 Å². The Bertz CT molecular complexity index is 645. The molecule has 2 saturated carbocycles. The lowest BCUT2D eigenvalue weighted by Gasteiger charge is -2.55. The third-order valence-electron chi connectivity index (χ3n) is 8.00. The standard InChI is InChI=1S/C21H28O3/c1-20-10-8-14(22)12-13(20)4-5-15-16-6-7-18(19(23)24-3)21(16,2)11-9-17(15)20/h4-5,12,15-18H,6-11H2,1-3H3/t15-,16-,17-,18+,20-,21-/m0/s1. The topological polar surface area (TPSA) is 43.4 Å². The molecule has 0 bridgehead atoms. The Balaban J connectivity index is 1.70. The van der Waals surface area contributed by atoms with Crippen molar-refractivity contribution in [3.63, 3.8) is 0 Å². The number of fused-ring (bicyclic) bond motifs is 5. The molecule has 4 aliphatic rings. The van der Waals surface area contributed by atoms with E-state index in [9.17, 15) is 9.59 Å². The second-order valence-corrected chi connectivity index (χ2v) is 8.83. The third kappa shape index (κ3) is 2.02. The van der Waals surface area contributed by atoms with Crippen molar-refractivity contribution in [3.05, 3.63) is 23.8 Å². The maximum Gasteiger partial charge on any atom is 0.309 e. The van der Waals surface area contributed by atoms with Crippen molar-refractivity contribution in [1.82, 2.24) is 0 Å². The second kappa shape index (κ2) is 5.31. The maximum absolute atomic E-state index is 12.3. The fraction of sp³-hybridized carbons (Fsp3) is 0.714. The van der Waals surface area contributed by atoms with Crippen molar-refractivity contribution >= 4 is 11.8 Å². The first-order chi connectivity index (χ1) is 11.4. The van der Waals surface area contributed by atoms with E-state index in [4.69, 9.17) is 4.74 Å². The van der Waals surface area contributed by atoms with Gasteiger partial charge in [-0.2, -0.15) is 0 Å². The Morgan fingerprint density at radius 1 is 1.17 bits per heavy atom. The van der Waals surface area contributed by atoms with Crippen LogP contribution in [-0.2, 0) is 14.3 Å². The van der Waals surface area contributed by atoms with Gasteiger partial charge in [0, 0.05) is 6.42 Å². The number of rotatable bonds is 1. The van der Waals surface area contributed by atoms with Gasteiger partial charge in [-0.1, -0.05) is 26.0 Å². The molecule has 0 saturated heterocycles. The first-order valence-electron chi connectivity index (χ1n) is 9.41. The van der Waals surface area contributed by atoms with Gasteiger partial charge in [-0.25, -0.2) is 0 Å². The Kier molecular flexibility index (Phi) is 3.56. The van der Waals surface area contributed by atoms with Crippen LogP contribution in [0.5, 0.6) is 0 Å². The van der Waals surface area contributed by atoms with E-state index < -0.39 is 0 Å². The SMILES string of the molecule is COC(=O)[C@H]1CC[C@H]2[C@@H]3C=CC4=CC(=O)CC[C@]4(C)[C@H]3CC[C@]12C. The molecule has 0 aliphatic heterocycles. The van der Waals surface area contributed by atoms with Crippen LogP contribution in [0.25, 0.3) is 0 Å². The smallest absolute Gasteiger partial charge is 0.309 e. The molecule has 0 aromatic rings. The number of methoxy groups -OCH3 is 1. The summed E-state index contributed by atoms with van der Waals surface area (Å²) >= 11 is 0. The quantitative estimate of drug-likeness (QED) is 0.681. The van der Waals surface area contributed by atoms with Crippen LogP contribution in [0.3, 0.4) is 0 Å². The van der Waals surface area contributed by atoms with Gasteiger partial charge in [0.1, 0.15) is 0 Å². The summed E-state index contributed by atoms with van der Waals surface area (Å²) < 4.78 is 5.10.